The zero-order valence-electron chi connectivity index (χ0n) is 22.0. The van der Waals surface area contributed by atoms with Crippen molar-refractivity contribution >= 4 is 15.9 Å². The Hall–Kier alpha value is -2.86. The number of piperidine rings is 1. The number of amides is 1. The summed E-state index contributed by atoms with van der Waals surface area (Å²) in [5.41, 5.74) is 2.78. The van der Waals surface area contributed by atoms with Crippen LogP contribution in [0.2, 0.25) is 0 Å². The number of methoxy groups -OCH3 is 1. The number of rotatable bonds is 8. The van der Waals surface area contributed by atoms with Gasteiger partial charge in [-0.25, -0.2) is 13.2 Å². The maximum Gasteiger partial charge on any atom is 0.425 e. The van der Waals surface area contributed by atoms with Gasteiger partial charge in [-0.1, -0.05) is 6.07 Å². The summed E-state index contributed by atoms with van der Waals surface area (Å²) in [5, 5.41) is 0. The van der Waals surface area contributed by atoms with Crippen LogP contribution in [0.15, 0.2) is 36.5 Å². The van der Waals surface area contributed by atoms with Crippen molar-refractivity contribution in [3.63, 3.8) is 0 Å². The van der Waals surface area contributed by atoms with Crippen LogP contribution in [-0.4, -0.2) is 74.8 Å². The Morgan fingerprint density at radius 2 is 1.92 bits per heavy atom. The van der Waals surface area contributed by atoms with Gasteiger partial charge in [0.15, 0.2) is 15.9 Å². The molecule has 1 aromatic heterocycles. The molecule has 1 atom stereocenters. The molecular formula is C27H33F3N2O6S. The fourth-order valence-electron chi connectivity index (χ4n) is 4.85. The highest BCUT2D eigenvalue weighted by Crippen LogP contribution is 2.41. The predicted octanol–water partition coefficient (Wildman–Crippen LogP) is 4.95. The standard InChI is InChI=1S/C27H33F3N2O6S/c1-19(27(28,29)30)37-25(33)32-12-10-26(11-13-32)9-8-22-16-21(5-7-24(22)38-26)23-6-4-20(17-31-23)18-39(34,35)15-3-14-36-2/h4-7,16-17,19H,3,8-15,18H2,1-2H3. The van der Waals surface area contributed by atoms with Gasteiger partial charge in [0.05, 0.1) is 17.2 Å². The summed E-state index contributed by atoms with van der Waals surface area (Å²) in [4.78, 5) is 17.9. The normalized spacial score (nSPS) is 17.8. The van der Waals surface area contributed by atoms with Gasteiger partial charge in [0.25, 0.3) is 0 Å². The first-order valence-corrected chi connectivity index (χ1v) is 14.7. The van der Waals surface area contributed by atoms with Crippen LogP contribution >= 0.6 is 0 Å². The number of aryl methyl sites for hydroxylation is 1. The third kappa shape index (κ3) is 7.42. The van der Waals surface area contributed by atoms with E-state index < -0.39 is 33.8 Å². The van der Waals surface area contributed by atoms with Crippen LogP contribution in [0, 0.1) is 0 Å². The number of halogens is 3. The van der Waals surface area contributed by atoms with E-state index in [0.29, 0.717) is 31.4 Å². The third-order valence-corrected chi connectivity index (χ3v) is 8.90. The molecule has 4 rings (SSSR count). The van der Waals surface area contributed by atoms with E-state index >= 15 is 0 Å². The Labute approximate surface area is 226 Å². The number of pyridine rings is 1. The van der Waals surface area contributed by atoms with Gasteiger partial charge >= 0.3 is 12.3 Å². The van der Waals surface area contributed by atoms with E-state index in [0.717, 1.165) is 42.3 Å². The fourth-order valence-corrected chi connectivity index (χ4v) is 6.23. The highest BCUT2D eigenvalue weighted by atomic mass is 32.2. The number of aromatic nitrogens is 1. The third-order valence-electron chi connectivity index (χ3n) is 7.22. The van der Waals surface area contributed by atoms with Crippen LogP contribution in [-0.2, 0) is 31.5 Å². The number of alkyl halides is 3. The number of likely N-dealkylation sites (tertiary alicyclic amines) is 1. The van der Waals surface area contributed by atoms with E-state index in [9.17, 15) is 26.4 Å². The minimum Gasteiger partial charge on any atom is -0.487 e. The van der Waals surface area contributed by atoms with Crippen LogP contribution in [0.25, 0.3) is 11.3 Å². The second kappa shape index (κ2) is 11.7. The van der Waals surface area contributed by atoms with Crippen LogP contribution in [0.5, 0.6) is 5.75 Å². The predicted molar refractivity (Wildman–Crippen MR) is 138 cm³/mol. The molecule has 1 saturated heterocycles. The van der Waals surface area contributed by atoms with Gasteiger partial charge in [-0.2, -0.15) is 13.2 Å². The molecule has 1 fully saturated rings. The maximum atomic E-state index is 12.7. The summed E-state index contributed by atoms with van der Waals surface area (Å²) in [6, 6.07) is 9.37. The minimum atomic E-state index is -4.59. The largest absolute Gasteiger partial charge is 0.487 e. The summed E-state index contributed by atoms with van der Waals surface area (Å²) < 4.78 is 78.6. The lowest BCUT2D eigenvalue weighted by Gasteiger charge is -2.44. The summed E-state index contributed by atoms with van der Waals surface area (Å²) in [6.07, 6.45) is -3.20. The second-order valence-corrected chi connectivity index (χ2v) is 12.3. The lowest BCUT2D eigenvalue weighted by atomic mass is 9.83. The highest BCUT2D eigenvalue weighted by Gasteiger charge is 2.43. The number of fused-ring (bicyclic) bond motifs is 1. The Bertz CT molecular complexity index is 1260. The number of hydrogen-bond acceptors (Lipinski definition) is 7. The van der Waals surface area contributed by atoms with Gasteiger partial charge in [-0.15, -0.1) is 0 Å². The van der Waals surface area contributed by atoms with E-state index in [-0.39, 0.29) is 24.6 Å². The second-order valence-electron chi connectivity index (χ2n) is 10.2. The van der Waals surface area contributed by atoms with Crippen LogP contribution in [0.1, 0.15) is 43.7 Å². The molecule has 0 bridgehead atoms. The van der Waals surface area contributed by atoms with Gasteiger partial charge in [-0.05, 0) is 61.6 Å². The van der Waals surface area contributed by atoms with Crippen molar-refractivity contribution in [1.82, 2.24) is 9.88 Å². The molecule has 39 heavy (non-hydrogen) atoms. The Kier molecular flexibility index (Phi) is 8.75. The number of ether oxygens (including phenoxy) is 3. The first kappa shape index (κ1) is 29.1. The first-order chi connectivity index (χ1) is 18.4. The number of hydrogen-bond donors (Lipinski definition) is 0. The topological polar surface area (TPSA) is 95.0 Å². The molecule has 3 heterocycles. The van der Waals surface area contributed by atoms with Crippen LogP contribution < -0.4 is 4.74 Å². The summed E-state index contributed by atoms with van der Waals surface area (Å²) >= 11 is 0. The van der Waals surface area contributed by atoms with Crippen LogP contribution in [0.4, 0.5) is 18.0 Å². The van der Waals surface area contributed by atoms with E-state index in [1.54, 1.807) is 18.3 Å². The number of carbonyl (C=O) groups is 1. The average Bonchev–Trinajstić information content (AvgIpc) is 2.88. The van der Waals surface area contributed by atoms with Gasteiger partial charge in [0.1, 0.15) is 11.4 Å². The van der Waals surface area contributed by atoms with E-state index in [4.69, 9.17) is 9.47 Å². The smallest absolute Gasteiger partial charge is 0.425 e. The number of benzene rings is 1. The van der Waals surface area contributed by atoms with E-state index in [1.165, 1.54) is 12.0 Å². The van der Waals surface area contributed by atoms with Gasteiger partial charge < -0.3 is 19.1 Å². The van der Waals surface area contributed by atoms with Gasteiger partial charge in [-0.3, -0.25) is 4.98 Å². The zero-order valence-corrected chi connectivity index (χ0v) is 22.8. The summed E-state index contributed by atoms with van der Waals surface area (Å²) in [5.74, 6) is 0.736. The molecule has 0 aliphatic carbocycles. The molecule has 8 nitrogen and oxygen atoms in total. The first-order valence-electron chi connectivity index (χ1n) is 12.9. The molecule has 214 valence electrons. The molecule has 0 N–H and O–H groups in total. The van der Waals surface area contributed by atoms with Crippen molar-refractivity contribution in [2.45, 2.75) is 62.7 Å². The van der Waals surface area contributed by atoms with Crippen molar-refractivity contribution in [2.75, 3.05) is 32.6 Å². The zero-order chi connectivity index (χ0) is 28.3. The highest BCUT2D eigenvalue weighted by molar-refractivity contribution is 7.90. The van der Waals surface area contributed by atoms with Crippen LogP contribution in [0.3, 0.4) is 0 Å². The van der Waals surface area contributed by atoms with Gasteiger partial charge in [0.2, 0.25) is 0 Å². The number of carbonyl (C=O) groups excluding carboxylic acids is 1. The Morgan fingerprint density at radius 1 is 1.18 bits per heavy atom. The molecule has 12 heteroatoms. The number of sulfone groups is 1. The molecule has 2 aliphatic heterocycles. The number of nitrogens with zero attached hydrogens (tertiary/aromatic N) is 2. The van der Waals surface area contributed by atoms with E-state index in [2.05, 4.69) is 9.72 Å². The van der Waals surface area contributed by atoms with Crippen molar-refractivity contribution < 1.29 is 40.6 Å². The Morgan fingerprint density at radius 3 is 2.56 bits per heavy atom. The van der Waals surface area contributed by atoms with Crippen molar-refractivity contribution in [3.05, 3.63) is 47.7 Å². The summed E-state index contributed by atoms with van der Waals surface area (Å²) in [6.45, 7) is 1.74. The quantitative estimate of drug-likeness (QED) is 0.415. The molecule has 0 radical (unpaired) electrons. The molecule has 1 unspecified atom stereocenters. The Balaban J connectivity index is 1.35. The van der Waals surface area contributed by atoms with E-state index in [1.807, 2.05) is 18.2 Å². The van der Waals surface area contributed by atoms with Gasteiger partial charge in [0, 0.05) is 51.4 Å². The van der Waals surface area contributed by atoms with Crippen molar-refractivity contribution in [3.8, 4) is 17.0 Å². The fraction of sp³-hybridized carbons (Fsp3) is 0.556. The minimum absolute atomic E-state index is 0.0638. The molecule has 0 saturated carbocycles. The van der Waals surface area contributed by atoms with Crippen molar-refractivity contribution in [2.24, 2.45) is 0 Å². The average molecular weight is 571 g/mol. The monoisotopic (exact) mass is 570 g/mol. The maximum absolute atomic E-state index is 12.7. The molecule has 2 aliphatic rings. The lowest BCUT2D eigenvalue weighted by molar-refractivity contribution is -0.200. The molecule has 1 amide bonds. The molecule has 1 aromatic carbocycles. The molecular weight excluding hydrogens is 537 g/mol. The summed E-state index contributed by atoms with van der Waals surface area (Å²) in [7, 11) is -1.70. The lowest BCUT2D eigenvalue weighted by Crippen LogP contribution is -2.52. The molecule has 2 aromatic rings. The molecule has 1 spiro atoms. The van der Waals surface area contributed by atoms with Crippen molar-refractivity contribution in [1.29, 1.82) is 0 Å². The SMILES string of the molecule is COCCCS(=O)(=O)Cc1ccc(-c2ccc3c(c2)CCC2(CCN(C(=O)OC(C)C(F)(F)F)CC2)O3)nc1.